The van der Waals surface area contributed by atoms with Gasteiger partial charge in [-0.05, 0) is 18.2 Å². The minimum Gasteiger partial charge on any atom is -0.311 e. The van der Waals surface area contributed by atoms with E-state index in [1.165, 1.54) is 19.1 Å². The topological polar surface area (TPSA) is 66.7 Å². The van der Waals surface area contributed by atoms with Crippen molar-refractivity contribution in [3.63, 3.8) is 0 Å². The molecule has 0 saturated heterocycles. The molecule has 0 N–H and O–H groups in total. The highest BCUT2D eigenvalue weighted by Gasteiger charge is 2.23. The van der Waals surface area contributed by atoms with E-state index in [-0.39, 0.29) is 11.6 Å². The molecule has 0 aliphatic carbocycles. The van der Waals surface area contributed by atoms with Gasteiger partial charge in [-0.15, -0.1) is 0 Å². The maximum atomic E-state index is 11.7. The third kappa shape index (κ3) is 2.73. The second-order valence-electron chi connectivity index (χ2n) is 4.61. The Kier molecular flexibility index (Phi) is 3.80. The number of nitro groups is 1. The Hall–Kier alpha value is -1.95. The van der Waals surface area contributed by atoms with Crippen LogP contribution in [-0.2, 0) is 11.3 Å². The molecule has 1 aliphatic rings. The summed E-state index contributed by atoms with van der Waals surface area (Å²) in [5, 5.41) is 10.9. The van der Waals surface area contributed by atoms with Crippen LogP contribution < -0.4 is 4.90 Å². The minimum absolute atomic E-state index is 0.0231. The smallest absolute Gasteiger partial charge is 0.271 e. The molecule has 102 valence electrons. The standard InChI is InChI=1S/C13H17N3O3/c1-3-14-6-7-15(10(2)17)13-8-12(16(18)19)5-4-11(13)9-14/h4-5,8H,3,6-7,9H2,1-2H3. The molecule has 0 saturated carbocycles. The number of carbonyl (C=O) groups is 1. The van der Waals surface area contributed by atoms with Crippen molar-refractivity contribution in [3.8, 4) is 0 Å². The number of hydrogen-bond donors (Lipinski definition) is 0. The molecule has 1 aliphatic heterocycles. The van der Waals surface area contributed by atoms with Crippen LogP contribution in [0.2, 0.25) is 0 Å². The molecule has 1 amide bonds. The van der Waals surface area contributed by atoms with Gasteiger partial charge in [-0.1, -0.05) is 6.92 Å². The van der Waals surface area contributed by atoms with E-state index in [9.17, 15) is 14.9 Å². The van der Waals surface area contributed by atoms with Crippen molar-refractivity contribution < 1.29 is 9.72 Å². The predicted molar refractivity (Wildman–Crippen MR) is 72.1 cm³/mol. The van der Waals surface area contributed by atoms with E-state index < -0.39 is 4.92 Å². The fourth-order valence-corrected chi connectivity index (χ4v) is 2.33. The SMILES string of the molecule is CCN1CCN(C(C)=O)c2cc([N+](=O)[O-])ccc2C1. The van der Waals surface area contributed by atoms with Gasteiger partial charge >= 0.3 is 0 Å². The Labute approximate surface area is 111 Å². The molecule has 6 heteroatoms. The van der Waals surface area contributed by atoms with Crippen LogP contribution in [0.5, 0.6) is 0 Å². The van der Waals surface area contributed by atoms with E-state index in [1.54, 1.807) is 11.0 Å². The summed E-state index contributed by atoms with van der Waals surface area (Å²) in [4.78, 5) is 26.0. The van der Waals surface area contributed by atoms with Crippen LogP contribution in [0.4, 0.5) is 11.4 Å². The minimum atomic E-state index is -0.429. The summed E-state index contributed by atoms with van der Waals surface area (Å²) >= 11 is 0. The number of benzene rings is 1. The maximum Gasteiger partial charge on any atom is 0.271 e. The quantitative estimate of drug-likeness (QED) is 0.602. The zero-order valence-electron chi connectivity index (χ0n) is 11.1. The molecule has 0 radical (unpaired) electrons. The summed E-state index contributed by atoms with van der Waals surface area (Å²) in [6, 6.07) is 4.74. The number of non-ortho nitro benzene ring substituents is 1. The van der Waals surface area contributed by atoms with Crippen molar-refractivity contribution in [2.45, 2.75) is 20.4 Å². The number of amides is 1. The second-order valence-corrected chi connectivity index (χ2v) is 4.61. The molecule has 0 aromatic heterocycles. The number of carbonyl (C=O) groups excluding carboxylic acids is 1. The van der Waals surface area contributed by atoms with E-state index in [4.69, 9.17) is 0 Å². The number of likely N-dealkylation sites (N-methyl/N-ethyl adjacent to an activating group) is 1. The maximum absolute atomic E-state index is 11.7. The molecular formula is C13H17N3O3. The zero-order valence-corrected chi connectivity index (χ0v) is 11.1. The summed E-state index contributed by atoms with van der Waals surface area (Å²) in [5.41, 5.74) is 1.65. The Morgan fingerprint density at radius 2 is 2.16 bits per heavy atom. The molecule has 0 fully saturated rings. The van der Waals surface area contributed by atoms with E-state index in [2.05, 4.69) is 11.8 Å². The van der Waals surface area contributed by atoms with Crippen LogP contribution in [0.3, 0.4) is 0 Å². The van der Waals surface area contributed by atoms with Crippen molar-refractivity contribution in [1.82, 2.24) is 4.90 Å². The molecule has 1 heterocycles. The fourth-order valence-electron chi connectivity index (χ4n) is 2.33. The Balaban J connectivity index is 2.47. The largest absolute Gasteiger partial charge is 0.311 e. The Morgan fingerprint density at radius 3 is 2.74 bits per heavy atom. The van der Waals surface area contributed by atoms with Crippen molar-refractivity contribution in [1.29, 1.82) is 0 Å². The molecule has 0 bridgehead atoms. The number of nitro benzene ring substituents is 1. The van der Waals surface area contributed by atoms with Gasteiger partial charge < -0.3 is 4.90 Å². The van der Waals surface area contributed by atoms with Crippen molar-refractivity contribution in [2.24, 2.45) is 0 Å². The van der Waals surface area contributed by atoms with E-state index in [0.717, 1.165) is 18.7 Å². The first-order valence-corrected chi connectivity index (χ1v) is 6.30. The van der Waals surface area contributed by atoms with Gasteiger partial charge in [0.2, 0.25) is 5.91 Å². The summed E-state index contributed by atoms with van der Waals surface area (Å²) in [5.74, 6) is -0.0836. The van der Waals surface area contributed by atoms with Crippen LogP contribution in [0, 0.1) is 10.1 Å². The van der Waals surface area contributed by atoms with Gasteiger partial charge in [0.05, 0.1) is 10.6 Å². The molecular weight excluding hydrogens is 246 g/mol. The van der Waals surface area contributed by atoms with Gasteiger partial charge in [-0.3, -0.25) is 19.8 Å². The zero-order chi connectivity index (χ0) is 14.0. The first-order valence-electron chi connectivity index (χ1n) is 6.30. The highest BCUT2D eigenvalue weighted by Crippen LogP contribution is 2.29. The first kappa shape index (κ1) is 13.5. The van der Waals surface area contributed by atoms with Gasteiger partial charge in [0, 0.05) is 38.7 Å². The molecule has 19 heavy (non-hydrogen) atoms. The van der Waals surface area contributed by atoms with Gasteiger partial charge in [0.25, 0.3) is 5.69 Å². The highest BCUT2D eigenvalue weighted by atomic mass is 16.6. The number of fused-ring (bicyclic) bond motifs is 1. The summed E-state index contributed by atoms with van der Waals surface area (Å²) in [6.45, 7) is 6.50. The second kappa shape index (κ2) is 5.36. The molecule has 0 atom stereocenters. The van der Waals surface area contributed by atoms with Crippen LogP contribution >= 0.6 is 0 Å². The van der Waals surface area contributed by atoms with Gasteiger partial charge in [-0.2, -0.15) is 0 Å². The molecule has 1 aromatic carbocycles. The molecule has 0 unspecified atom stereocenters. The lowest BCUT2D eigenvalue weighted by Crippen LogP contribution is -2.34. The fraction of sp³-hybridized carbons (Fsp3) is 0.462. The average molecular weight is 263 g/mol. The summed E-state index contributed by atoms with van der Waals surface area (Å²) in [7, 11) is 0. The number of anilines is 1. The van der Waals surface area contributed by atoms with E-state index >= 15 is 0 Å². The average Bonchev–Trinajstić information content (AvgIpc) is 2.56. The van der Waals surface area contributed by atoms with Crippen LogP contribution in [-0.4, -0.2) is 35.4 Å². The number of nitrogens with zero attached hydrogens (tertiary/aromatic N) is 3. The monoisotopic (exact) mass is 263 g/mol. The van der Waals surface area contributed by atoms with Crippen LogP contribution in [0.25, 0.3) is 0 Å². The molecule has 1 aromatic rings. The molecule has 0 spiro atoms. The Bertz CT molecular complexity index is 516. The normalized spacial score (nSPS) is 15.8. The lowest BCUT2D eigenvalue weighted by Gasteiger charge is -2.20. The van der Waals surface area contributed by atoms with Crippen molar-refractivity contribution in [3.05, 3.63) is 33.9 Å². The highest BCUT2D eigenvalue weighted by molar-refractivity contribution is 5.93. The third-order valence-electron chi connectivity index (χ3n) is 3.43. The van der Waals surface area contributed by atoms with Crippen molar-refractivity contribution in [2.75, 3.05) is 24.5 Å². The van der Waals surface area contributed by atoms with E-state index in [1.807, 2.05) is 0 Å². The molecule has 2 rings (SSSR count). The number of hydrogen-bond acceptors (Lipinski definition) is 4. The molecule has 6 nitrogen and oxygen atoms in total. The third-order valence-corrected chi connectivity index (χ3v) is 3.43. The predicted octanol–water partition coefficient (Wildman–Crippen LogP) is 1.78. The summed E-state index contributed by atoms with van der Waals surface area (Å²) in [6.07, 6.45) is 0. The summed E-state index contributed by atoms with van der Waals surface area (Å²) < 4.78 is 0. The lowest BCUT2D eigenvalue weighted by atomic mass is 10.1. The van der Waals surface area contributed by atoms with E-state index in [0.29, 0.717) is 18.8 Å². The van der Waals surface area contributed by atoms with Gasteiger partial charge in [0.15, 0.2) is 0 Å². The van der Waals surface area contributed by atoms with Crippen LogP contribution in [0.15, 0.2) is 18.2 Å². The first-order chi connectivity index (χ1) is 9.02. The van der Waals surface area contributed by atoms with Gasteiger partial charge in [0.1, 0.15) is 0 Å². The number of rotatable bonds is 2. The Morgan fingerprint density at radius 1 is 1.42 bits per heavy atom. The lowest BCUT2D eigenvalue weighted by molar-refractivity contribution is -0.384. The van der Waals surface area contributed by atoms with Crippen LogP contribution in [0.1, 0.15) is 19.4 Å². The van der Waals surface area contributed by atoms with Crippen molar-refractivity contribution >= 4 is 17.3 Å². The van der Waals surface area contributed by atoms with Gasteiger partial charge in [-0.25, -0.2) is 0 Å².